The first-order chi connectivity index (χ1) is 12.3. The molecule has 1 amide bonds. The number of carbonyl (C=O) groups excluding carboxylic acids is 1. The molecule has 0 atom stereocenters. The van der Waals surface area contributed by atoms with Crippen molar-refractivity contribution in [2.75, 3.05) is 4.90 Å². The van der Waals surface area contributed by atoms with Crippen molar-refractivity contribution in [3.8, 4) is 6.19 Å². The van der Waals surface area contributed by atoms with Gasteiger partial charge in [-0.15, -0.1) is 11.3 Å². The summed E-state index contributed by atoms with van der Waals surface area (Å²) in [5.41, 5.74) is 0.0113. The number of amides is 1. The second-order valence-corrected chi connectivity index (χ2v) is 7.87. The van der Waals surface area contributed by atoms with E-state index in [1.54, 1.807) is 6.92 Å². The van der Waals surface area contributed by atoms with Crippen LogP contribution in [0.4, 0.5) is 19.6 Å². The molecule has 0 saturated heterocycles. The van der Waals surface area contributed by atoms with Crippen molar-refractivity contribution in [2.45, 2.75) is 45.1 Å². The summed E-state index contributed by atoms with van der Waals surface area (Å²) < 4.78 is 26.9. The number of anilines is 2. The van der Waals surface area contributed by atoms with Crippen LogP contribution >= 0.6 is 11.3 Å². The quantitative estimate of drug-likeness (QED) is 0.634. The summed E-state index contributed by atoms with van der Waals surface area (Å²) in [6.07, 6.45) is 5.85. The Morgan fingerprint density at radius 1 is 1.31 bits per heavy atom. The lowest BCUT2D eigenvalue weighted by Crippen LogP contribution is -2.43. The van der Waals surface area contributed by atoms with Crippen LogP contribution in [0.1, 0.15) is 48.0 Å². The van der Waals surface area contributed by atoms with Gasteiger partial charge in [-0.1, -0.05) is 12.8 Å². The molecule has 8 heteroatoms. The second kappa shape index (κ2) is 7.00. The minimum atomic E-state index is -0.791. The molecule has 0 unspecified atom stereocenters. The first-order valence-electron chi connectivity index (χ1n) is 8.27. The topological polar surface area (TPSA) is 69.0 Å². The Kier molecular flexibility index (Phi) is 4.92. The van der Waals surface area contributed by atoms with Gasteiger partial charge in [0, 0.05) is 16.5 Å². The second-order valence-electron chi connectivity index (χ2n) is 6.69. The Hall–Kier alpha value is -2.53. The fourth-order valence-electron chi connectivity index (χ4n) is 3.18. The number of hydrogen-bond donors (Lipinski definition) is 1. The lowest BCUT2D eigenvalue weighted by Gasteiger charge is -2.24. The number of hydrogen-bond acceptors (Lipinski definition) is 5. The van der Waals surface area contributed by atoms with Gasteiger partial charge in [-0.05, 0) is 38.8 Å². The largest absolute Gasteiger partial charge is 0.346 e. The first-order valence-corrected chi connectivity index (χ1v) is 9.09. The number of rotatable bonds is 4. The van der Waals surface area contributed by atoms with Crippen molar-refractivity contribution in [3.63, 3.8) is 0 Å². The SMILES string of the molecule is Cc1sc(N(C#N)c2cc(F)cc(F)c2)nc1C(=O)NC1(C)CCCC1. The average Bonchev–Trinajstić information content (AvgIpc) is 3.13. The van der Waals surface area contributed by atoms with Crippen LogP contribution in [0.25, 0.3) is 0 Å². The Labute approximate surface area is 154 Å². The van der Waals surface area contributed by atoms with E-state index in [4.69, 9.17) is 0 Å². The minimum Gasteiger partial charge on any atom is -0.346 e. The number of nitrogens with zero attached hydrogens (tertiary/aromatic N) is 3. The van der Waals surface area contributed by atoms with E-state index in [0.29, 0.717) is 4.88 Å². The van der Waals surface area contributed by atoms with E-state index in [0.717, 1.165) is 60.1 Å². The van der Waals surface area contributed by atoms with Crippen LogP contribution in [-0.2, 0) is 0 Å². The zero-order chi connectivity index (χ0) is 18.9. The number of aryl methyl sites for hydroxylation is 1. The molecular weight excluding hydrogens is 358 g/mol. The molecule has 1 saturated carbocycles. The molecule has 136 valence electrons. The summed E-state index contributed by atoms with van der Waals surface area (Å²) >= 11 is 1.13. The molecule has 3 rings (SSSR count). The maximum atomic E-state index is 13.5. The summed E-state index contributed by atoms with van der Waals surface area (Å²) in [5, 5.41) is 12.6. The van der Waals surface area contributed by atoms with Crippen LogP contribution in [0.5, 0.6) is 0 Å². The third-order valence-corrected chi connectivity index (χ3v) is 5.48. The lowest BCUT2D eigenvalue weighted by atomic mass is 10.0. The van der Waals surface area contributed by atoms with Gasteiger partial charge in [0.1, 0.15) is 17.3 Å². The molecule has 0 aliphatic heterocycles. The Balaban J connectivity index is 1.88. The van der Waals surface area contributed by atoms with E-state index in [9.17, 15) is 18.8 Å². The molecule has 26 heavy (non-hydrogen) atoms. The van der Waals surface area contributed by atoms with E-state index < -0.39 is 11.6 Å². The standard InChI is InChI=1S/C18H18F2N4OS/c1-11-15(16(25)23-18(2)5-3-4-6-18)22-17(26-11)24(10-21)14-8-12(19)7-13(20)9-14/h7-9H,3-6H2,1-2H3,(H,23,25). The van der Waals surface area contributed by atoms with Gasteiger partial charge >= 0.3 is 0 Å². The Morgan fingerprint density at radius 3 is 2.50 bits per heavy atom. The van der Waals surface area contributed by atoms with E-state index in [1.807, 2.05) is 13.1 Å². The summed E-state index contributed by atoms with van der Waals surface area (Å²) in [5.74, 6) is -1.88. The fourth-order valence-corrected chi connectivity index (χ4v) is 4.07. The van der Waals surface area contributed by atoms with E-state index in [1.165, 1.54) is 0 Å². The zero-order valence-corrected chi connectivity index (χ0v) is 15.3. The van der Waals surface area contributed by atoms with Gasteiger partial charge in [-0.3, -0.25) is 4.79 Å². The van der Waals surface area contributed by atoms with Crippen LogP contribution in [0, 0.1) is 30.0 Å². The number of benzene rings is 1. The Morgan fingerprint density at radius 2 is 1.92 bits per heavy atom. The molecule has 1 aliphatic carbocycles. The van der Waals surface area contributed by atoms with Gasteiger partial charge in [-0.2, -0.15) is 5.26 Å². The maximum absolute atomic E-state index is 13.5. The summed E-state index contributed by atoms with van der Waals surface area (Å²) in [6, 6.07) is 2.82. The lowest BCUT2D eigenvalue weighted by molar-refractivity contribution is 0.0903. The number of carbonyl (C=O) groups is 1. The molecule has 2 aromatic rings. The van der Waals surface area contributed by atoms with Gasteiger partial charge in [0.25, 0.3) is 5.91 Å². The highest BCUT2D eigenvalue weighted by Gasteiger charge is 2.32. The van der Waals surface area contributed by atoms with Gasteiger partial charge in [0.05, 0.1) is 5.69 Å². The first kappa shape index (κ1) is 18.3. The third-order valence-electron chi connectivity index (χ3n) is 4.52. The minimum absolute atomic E-state index is 0.0217. The van der Waals surface area contributed by atoms with Crippen LogP contribution in [0.2, 0.25) is 0 Å². The number of thiazole rings is 1. The van der Waals surface area contributed by atoms with Gasteiger partial charge in [-0.25, -0.2) is 18.7 Å². The van der Waals surface area contributed by atoms with Crippen molar-refractivity contribution >= 4 is 28.1 Å². The smallest absolute Gasteiger partial charge is 0.271 e. The molecule has 1 fully saturated rings. The van der Waals surface area contributed by atoms with E-state index >= 15 is 0 Å². The van der Waals surface area contributed by atoms with Gasteiger partial charge < -0.3 is 5.32 Å². The van der Waals surface area contributed by atoms with E-state index in [-0.39, 0.29) is 28.0 Å². The number of nitriles is 1. The van der Waals surface area contributed by atoms with Crippen LogP contribution < -0.4 is 10.2 Å². The molecular formula is C18H18F2N4OS. The number of nitrogens with one attached hydrogen (secondary N) is 1. The van der Waals surface area contributed by atoms with Crippen molar-refractivity contribution in [1.29, 1.82) is 5.26 Å². The highest BCUT2D eigenvalue weighted by Crippen LogP contribution is 2.33. The van der Waals surface area contributed by atoms with Crippen molar-refractivity contribution in [2.24, 2.45) is 0 Å². The molecule has 0 radical (unpaired) electrons. The third kappa shape index (κ3) is 3.68. The van der Waals surface area contributed by atoms with Gasteiger partial charge in [0.15, 0.2) is 6.19 Å². The summed E-state index contributed by atoms with van der Waals surface area (Å²) in [7, 11) is 0. The highest BCUT2D eigenvalue weighted by atomic mass is 32.1. The Bertz CT molecular complexity index is 864. The van der Waals surface area contributed by atoms with Crippen LogP contribution in [0.3, 0.4) is 0 Å². The molecule has 1 heterocycles. The van der Waals surface area contributed by atoms with Crippen LogP contribution in [-0.4, -0.2) is 16.4 Å². The number of aromatic nitrogens is 1. The molecule has 1 aromatic carbocycles. The monoisotopic (exact) mass is 376 g/mol. The highest BCUT2D eigenvalue weighted by molar-refractivity contribution is 7.16. The average molecular weight is 376 g/mol. The molecule has 1 N–H and O–H groups in total. The van der Waals surface area contributed by atoms with Gasteiger partial charge in [0.2, 0.25) is 5.13 Å². The predicted molar refractivity (Wildman–Crippen MR) is 95.3 cm³/mol. The van der Waals surface area contributed by atoms with Crippen molar-refractivity contribution < 1.29 is 13.6 Å². The van der Waals surface area contributed by atoms with Crippen molar-refractivity contribution in [3.05, 3.63) is 40.4 Å². The summed E-state index contributed by atoms with van der Waals surface area (Å²) in [6.45, 7) is 3.74. The zero-order valence-electron chi connectivity index (χ0n) is 14.5. The number of halogens is 2. The predicted octanol–water partition coefficient (Wildman–Crippen LogP) is 4.41. The molecule has 5 nitrogen and oxygen atoms in total. The molecule has 1 aliphatic rings. The molecule has 1 aromatic heterocycles. The maximum Gasteiger partial charge on any atom is 0.271 e. The van der Waals surface area contributed by atoms with E-state index in [2.05, 4.69) is 10.3 Å². The normalized spacial score (nSPS) is 15.5. The molecule has 0 spiro atoms. The molecule has 0 bridgehead atoms. The summed E-state index contributed by atoms with van der Waals surface area (Å²) in [4.78, 5) is 18.5. The van der Waals surface area contributed by atoms with Crippen molar-refractivity contribution in [1.82, 2.24) is 10.3 Å². The van der Waals surface area contributed by atoms with Crippen LogP contribution in [0.15, 0.2) is 18.2 Å². The fraction of sp³-hybridized carbons (Fsp3) is 0.389.